The van der Waals surface area contributed by atoms with Crippen LogP contribution in [0.2, 0.25) is 5.02 Å². The highest BCUT2D eigenvalue weighted by Crippen LogP contribution is 2.26. The SMILES string of the molecule is COC(=O)c1cc(Cl)c(C)cc1[N+](=O)[O-]. The number of rotatable bonds is 2. The van der Waals surface area contributed by atoms with E-state index < -0.39 is 10.9 Å². The van der Waals surface area contributed by atoms with E-state index in [-0.39, 0.29) is 11.3 Å². The highest BCUT2D eigenvalue weighted by molar-refractivity contribution is 6.31. The lowest BCUT2D eigenvalue weighted by Gasteiger charge is -2.03. The van der Waals surface area contributed by atoms with Crippen molar-refractivity contribution in [3.05, 3.63) is 38.4 Å². The Morgan fingerprint density at radius 2 is 2.13 bits per heavy atom. The predicted octanol–water partition coefficient (Wildman–Crippen LogP) is 2.34. The van der Waals surface area contributed by atoms with E-state index in [1.807, 2.05) is 0 Å². The maximum absolute atomic E-state index is 11.2. The third kappa shape index (κ3) is 2.24. The number of carbonyl (C=O) groups is 1. The number of carbonyl (C=O) groups excluding carboxylic acids is 1. The number of methoxy groups -OCH3 is 1. The molecule has 0 heterocycles. The Morgan fingerprint density at radius 1 is 1.53 bits per heavy atom. The maximum Gasteiger partial charge on any atom is 0.344 e. The average Bonchev–Trinajstić information content (AvgIpc) is 2.20. The molecule has 0 aliphatic rings. The molecule has 0 bridgehead atoms. The molecule has 0 saturated heterocycles. The second-order valence-electron chi connectivity index (χ2n) is 2.87. The van der Waals surface area contributed by atoms with Crippen molar-refractivity contribution < 1.29 is 14.5 Å². The van der Waals surface area contributed by atoms with Crippen LogP contribution in [0.3, 0.4) is 0 Å². The number of esters is 1. The summed E-state index contributed by atoms with van der Waals surface area (Å²) in [5.74, 6) is -0.774. The van der Waals surface area contributed by atoms with Crippen molar-refractivity contribution in [1.82, 2.24) is 0 Å². The van der Waals surface area contributed by atoms with Crippen molar-refractivity contribution >= 4 is 23.3 Å². The van der Waals surface area contributed by atoms with E-state index >= 15 is 0 Å². The van der Waals surface area contributed by atoms with Crippen molar-refractivity contribution in [2.75, 3.05) is 7.11 Å². The molecule has 0 fully saturated rings. The number of benzene rings is 1. The summed E-state index contributed by atoms with van der Waals surface area (Å²) < 4.78 is 4.42. The highest BCUT2D eigenvalue weighted by atomic mass is 35.5. The van der Waals surface area contributed by atoms with E-state index in [0.717, 1.165) is 7.11 Å². The van der Waals surface area contributed by atoms with Crippen LogP contribution < -0.4 is 0 Å². The molecular formula is C9H8ClNO4. The maximum atomic E-state index is 11.2. The number of halogens is 1. The van der Waals surface area contributed by atoms with E-state index in [1.165, 1.54) is 12.1 Å². The minimum atomic E-state index is -0.774. The lowest BCUT2D eigenvalue weighted by molar-refractivity contribution is -0.385. The topological polar surface area (TPSA) is 69.4 Å². The highest BCUT2D eigenvalue weighted by Gasteiger charge is 2.22. The van der Waals surface area contributed by atoms with Gasteiger partial charge in [0.25, 0.3) is 5.69 Å². The molecule has 0 spiro atoms. The van der Waals surface area contributed by atoms with E-state index in [1.54, 1.807) is 6.92 Å². The fourth-order valence-electron chi connectivity index (χ4n) is 1.09. The molecule has 0 aliphatic carbocycles. The fraction of sp³-hybridized carbons (Fsp3) is 0.222. The van der Waals surface area contributed by atoms with Crippen LogP contribution >= 0.6 is 11.6 Å². The zero-order chi connectivity index (χ0) is 11.6. The number of hydrogen-bond donors (Lipinski definition) is 0. The van der Waals surface area contributed by atoms with Crippen LogP contribution in [0.15, 0.2) is 12.1 Å². The van der Waals surface area contributed by atoms with E-state index in [2.05, 4.69) is 4.74 Å². The second kappa shape index (κ2) is 4.27. The summed E-state index contributed by atoms with van der Waals surface area (Å²) in [4.78, 5) is 21.2. The fourth-order valence-corrected chi connectivity index (χ4v) is 1.25. The number of hydrogen-bond acceptors (Lipinski definition) is 4. The summed E-state index contributed by atoms with van der Waals surface area (Å²) >= 11 is 5.76. The molecule has 1 aromatic rings. The summed E-state index contributed by atoms with van der Waals surface area (Å²) in [6, 6.07) is 2.48. The monoisotopic (exact) mass is 229 g/mol. The molecule has 0 unspecified atom stereocenters. The van der Waals surface area contributed by atoms with Gasteiger partial charge in [-0.1, -0.05) is 11.6 Å². The van der Waals surface area contributed by atoms with Crippen LogP contribution in [0.25, 0.3) is 0 Å². The lowest BCUT2D eigenvalue weighted by atomic mass is 10.1. The Labute approximate surface area is 90.8 Å². The molecule has 80 valence electrons. The number of aryl methyl sites for hydroxylation is 1. The van der Waals surface area contributed by atoms with Gasteiger partial charge in [-0.3, -0.25) is 10.1 Å². The molecular weight excluding hydrogens is 222 g/mol. The first kappa shape index (κ1) is 11.5. The summed E-state index contributed by atoms with van der Waals surface area (Å²) in [7, 11) is 1.15. The van der Waals surface area contributed by atoms with Gasteiger partial charge in [0.05, 0.1) is 12.0 Å². The van der Waals surface area contributed by atoms with Crippen LogP contribution in [0, 0.1) is 17.0 Å². The summed E-state index contributed by atoms with van der Waals surface area (Å²) in [5, 5.41) is 11.0. The third-order valence-electron chi connectivity index (χ3n) is 1.88. The first-order valence-electron chi connectivity index (χ1n) is 4.00. The first-order valence-corrected chi connectivity index (χ1v) is 4.38. The minimum Gasteiger partial charge on any atom is -0.465 e. The van der Waals surface area contributed by atoms with Crippen molar-refractivity contribution in [3.63, 3.8) is 0 Å². The van der Waals surface area contributed by atoms with Gasteiger partial charge >= 0.3 is 5.97 Å². The van der Waals surface area contributed by atoms with Gasteiger partial charge in [-0.15, -0.1) is 0 Å². The summed E-state index contributed by atoms with van der Waals surface area (Å²) in [6.45, 7) is 1.62. The van der Waals surface area contributed by atoms with Crippen molar-refractivity contribution in [1.29, 1.82) is 0 Å². The van der Waals surface area contributed by atoms with Crippen molar-refractivity contribution in [3.8, 4) is 0 Å². The van der Waals surface area contributed by atoms with Crippen LogP contribution in [-0.4, -0.2) is 18.0 Å². The van der Waals surface area contributed by atoms with Gasteiger partial charge in [0.15, 0.2) is 0 Å². The van der Waals surface area contributed by atoms with Gasteiger partial charge in [-0.2, -0.15) is 0 Å². The summed E-state index contributed by atoms with van der Waals surface area (Å²) in [5.41, 5.74) is 0.0952. The first-order chi connectivity index (χ1) is 6.97. The number of nitro groups is 1. The van der Waals surface area contributed by atoms with E-state index in [9.17, 15) is 14.9 Å². The van der Waals surface area contributed by atoms with Crippen LogP contribution in [0.1, 0.15) is 15.9 Å². The molecule has 0 aromatic heterocycles. The molecule has 0 saturated carbocycles. The third-order valence-corrected chi connectivity index (χ3v) is 2.29. The Morgan fingerprint density at radius 3 is 2.60 bits per heavy atom. The van der Waals surface area contributed by atoms with Gasteiger partial charge in [0.2, 0.25) is 0 Å². The van der Waals surface area contributed by atoms with Crippen molar-refractivity contribution in [2.24, 2.45) is 0 Å². The van der Waals surface area contributed by atoms with Crippen LogP contribution in [-0.2, 0) is 4.74 Å². The Kier molecular flexibility index (Phi) is 3.26. The smallest absolute Gasteiger partial charge is 0.344 e. The molecule has 0 aliphatic heterocycles. The van der Waals surface area contributed by atoms with Crippen LogP contribution in [0.5, 0.6) is 0 Å². The number of nitrogens with zero attached hydrogens (tertiary/aromatic N) is 1. The lowest BCUT2D eigenvalue weighted by Crippen LogP contribution is -2.06. The van der Waals surface area contributed by atoms with Gasteiger partial charge in [0.1, 0.15) is 5.56 Å². The van der Waals surface area contributed by atoms with Gasteiger partial charge in [-0.05, 0) is 18.6 Å². The second-order valence-corrected chi connectivity index (χ2v) is 3.27. The number of ether oxygens (including phenoxy) is 1. The largest absolute Gasteiger partial charge is 0.465 e. The quantitative estimate of drug-likeness (QED) is 0.443. The normalized spacial score (nSPS) is 9.80. The van der Waals surface area contributed by atoms with Gasteiger partial charge < -0.3 is 4.74 Å². The standard InChI is InChI=1S/C9H8ClNO4/c1-5-3-8(11(13)14)6(4-7(5)10)9(12)15-2/h3-4H,1-2H3. The minimum absolute atomic E-state index is 0.141. The van der Waals surface area contributed by atoms with Crippen molar-refractivity contribution in [2.45, 2.75) is 6.92 Å². The Hall–Kier alpha value is -1.62. The zero-order valence-electron chi connectivity index (χ0n) is 8.11. The molecule has 1 rings (SSSR count). The summed E-state index contributed by atoms with van der Waals surface area (Å²) in [6.07, 6.45) is 0. The molecule has 15 heavy (non-hydrogen) atoms. The molecule has 0 amide bonds. The molecule has 0 atom stereocenters. The van der Waals surface area contributed by atoms with E-state index in [4.69, 9.17) is 11.6 Å². The predicted molar refractivity (Wildman–Crippen MR) is 54.2 cm³/mol. The molecule has 6 heteroatoms. The Bertz CT molecular complexity index is 430. The molecule has 1 aromatic carbocycles. The molecule has 0 radical (unpaired) electrons. The Balaban J connectivity index is 3.41. The van der Waals surface area contributed by atoms with E-state index in [0.29, 0.717) is 10.6 Å². The van der Waals surface area contributed by atoms with Crippen LogP contribution in [0.4, 0.5) is 5.69 Å². The van der Waals surface area contributed by atoms with Gasteiger partial charge in [-0.25, -0.2) is 4.79 Å². The number of nitro benzene ring substituents is 1. The molecule has 0 N–H and O–H groups in total. The molecule has 5 nitrogen and oxygen atoms in total. The zero-order valence-corrected chi connectivity index (χ0v) is 8.87. The van der Waals surface area contributed by atoms with Gasteiger partial charge in [0, 0.05) is 11.1 Å². The average molecular weight is 230 g/mol.